The number of nitrogens with one attached hydrogen (secondary N) is 1. The van der Waals surface area contributed by atoms with Crippen molar-refractivity contribution in [3.05, 3.63) is 59.7 Å². The third-order valence-electron chi connectivity index (χ3n) is 4.57. The summed E-state index contributed by atoms with van der Waals surface area (Å²) in [7, 11) is -0.227. The predicted octanol–water partition coefficient (Wildman–Crippen LogP) is 2.99. The molecule has 0 amide bonds. The number of sulfonamides is 1. The number of thiol groups is 1. The van der Waals surface area contributed by atoms with Gasteiger partial charge in [-0.25, -0.2) is 12.7 Å². The molecule has 1 heterocycles. The fourth-order valence-electron chi connectivity index (χ4n) is 2.92. The summed E-state index contributed by atoms with van der Waals surface area (Å²) in [6, 6.07) is 13.9. The van der Waals surface area contributed by atoms with Crippen molar-refractivity contribution in [2.45, 2.75) is 24.2 Å². The lowest BCUT2D eigenvalue weighted by Crippen LogP contribution is -2.59. The van der Waals surface area contributed by atoms with Crippen molar-refractivity contribution in [2.75, 3.05) is 23.7 Å². The van der Waals surface area contributed by atoms with E-state index in [1.165, 1.54) is 4.31 Å². The minimum Gasteiger partial charge on any atom is -0.339 e. The smallest absolute Gasteiger partial charge is 0.241 e. The minimum atomic E-state index is -3.71. The quantitative estimate of drug-likeness (QED) is 0.455. The molecule has 3 rings (SSSR count). The maximum absolute atomic E-state index is 13.1. The fraction of sp³-hybridized carbons (Fsp3) is 0.316. The maximum atomic E-state index is 13.1. The zero-order valence-electron chi connectivity index (χ0n) is 15.7. The van der Waals surface area contributed by atoms with E-state index in [9.17, 15) is 13.2 Å². The van der Waals surface area contributed by atoms with E-state index in [0.717, 1.165) is 0 Å². The second-order valence-corrected chi connectivity index (χ2v) is 9.90. The summed E-state index contributed by atoms with van der Waals surface area (Å²) in [6.45, 7) is 3.24. The van der Waals surface area contributed by atoms with Crippen molar-refractivity contribution < 1.29 is 13.2 Å². The lowest BCUT2D eigenvalue weighted by Gasteiger charge is -2.40. The lowest BCUT2D eigenvalue weighted by molar-refractivity contribution is 0.103. The molecule has 0 aliphatic carbocycles. The Morgan fingerprint density at radius 1 is 1.11 bits per heavy atom. The average Bonchev–Trinajstić information content (AvgIpc) is 2.94. The van der Waals surface area contributed by atoms with Crippen LogP contribution < -0.4 is 9.62 Å². The van der Waals surface area contributed by atoms with Gasteiger partial charge in [-0.05, 0) is 46.1 Å². The number of rotatable bonds is 5. The van der Waals surface area contributed by atoms with Gasteiger partial charge in [0.25, 0.3) is 0 Å². The van der Waals surface area contributed by atoms with E-state index in [1.54, 1.807) is 75.3 Å². The molecule has 1 unspecified atom stereocenters. The Kier molecular flexibility index (Phi) is 5.00. The first-order valence-corrected chi connectivity index (χ1v) is 10.5. The van der Waals surface area contributed by atoms with E-state index in [2.05, 4.69) is 17.9 Å². The number of hydrogen-bond donors (Lipinski definition) is 2. The summed E-state index contributed by atoms with van der Waals surface area (Å²) >= 11 is 4.64. The molecule has 2 aromatic carbocycles. The Labute approximate surface area is 165 Å². The van der Waals surface area contributed by atoms with E-state index >= 15 is 0 Å². The van der Waals surface area contributed by atoms with E-state index in [-0.39, 0.29) is 5.78 Å². The summed E-state index contributed by atoms with van der Waals surface area (Å²) in [5.74, 6) is -0.165. The number of nitrogens with zero attached hydrogens (tertiary/aromatic N) is 2. The minimum absolute atomic E-state index is 0.165. The summed E-state index contributed by atoms with van der Waals surface area (Å²) in [6.07, 6.45) is 0. The van der Waals surface area contributed by atoms with Gasteiger partial charge in [0, 0.05) is 11.1 Å². The van der Waals surface area contributed by atoms with Crippen LogP contribution in [-0.4, -0.2) is 43.6 Å². The van der Waals surface area contributed by atoms with Crippen molar-refractivity contribution in [1.29, 1.82) is 0 Å². The Morgan fingerprint density at radius 2 is 1.74 bits per heavy atom. The molecule has 1 atom stereocenters. The van der Waals surface area contributed by atoms with Crippen molar-refractivity contribution in [3.63, 3.8) is 0 Å². The van der Waals surface area contributed by atoms with Crippen LogP contribution in [0.5, 0.6) is 0 Å². The zero-order valence-corrected chi connectivity index (χ0v) is 17.4. The van der Waals surface area contributed by atoms with Gasteiger partial charge < -0.3 is 5.32 Å². The molecule has 1 N–H and O–H groups in total. The molecule has 0 saturated heterocycles. The van der Waals surface area contributed by atoms with Gasteiger partial charge in [0.15, 0.2) is 5.78 Å². The average molecular weight is 406 g/mol. The van der Waals surface area contributed by atoms with Crippen molar-refractivity contribution in [1.82, 2.24) is 4.90 Å². The van der Waals surface area contributed by atoms with Crippen LogP contribution in [0.15, 0.2) is 48.5 Å². The van der Waals surface area contributed by atoms with Crippen LogP contribution in [0.2, 0.25) is 0 Å². The highest BCUT2D eigenvalue weighted by Gasteiger charge is 2.50. The maximum Gasteiger partial charge on any atom is 0.241 e. The van der Waals surface area contributed by atoms with E-state index in [0.29, 0.717) is 22.5 Å². The number of ketones is 1. The number of hydrogen-bond acceptors (Lipinski definition) is 6. The normalized spacial score (nSPS) is 19.3. The number of benzene rings is 2. The molecule has 0 bridgehead atoms. The van der Waals surface area contributed by atoms with Crippen LogP contribution in [0.25, 0.3) is 0 Å². The third-order valence-corrected chi connectivity index (χ3v) is 7.58. The largest absolute Gasteiger partial charge is 0.339 e. The zero-order chi connectivity index (χ0) is 20.0. The highest BCUT2D eigenvalue weighted by molar-refractivity contribution is 7.94. The van der Waals surface area contributed by atoms with Gasteiger partial charge in [-0.2, -0.15) is 0 Å². The Balaban J connectivity index is 2.15. The van der Waals surface area contributed by atoms with Gasteiger partial charge in [-0.15, -0.1) is 12.6 Å². The first kappa shape index (κ1) is 19.7. The molecular formula is C19H23N3O3S2. The van der Waals surface area contributed by atoms with Crippen LogP contribution in [0.4, 0.5) is 11.4 Å². The first-order valence-electron chi connectivity index (χ1n) is 8.55. The molecule has 2 aromatic rings. The second-order valence-electron chi connectivity index (χ2n) is 6.94. The molecule has 0 aromatic heterocycles. The van der Waals surface area contributed by atoms with E-state index in [4.69, 9.17) is 0 Å². The molecule has 0 fully saturated rings. The molecule has 1 aliphatic rings. The molecule has 0 radical (unpaired) electrons. The SMILES string of the molecule is CC(C)S(=O)(=O)N1c2cc(C(=O)c3ccccc3)ccc2NC1(S)N(C)C. The molecule has 1 aliphatic heterocycles. The fourth-order valence-corrected chi connectivity index (χ4v) is 4.90. The van der Waals surface area contributed by atoms with Crippen LogP contribution >= 0.6 is 12.6 Å². The summed E-state index contributed by atoms with van der Waals surface area (Å²) in [4.78, 5) is 14.5. The van der Waals surface area contributed by atoms with Crippen molar-refractivity contribution >= 4 is 39.8 Å². The molecule has 27 heavy (non-hydrogen) atoms. The van der Waals surface area contributed by atoms with Gasteiger partial charge in [-0.1, -0.05) is 30.3 Å². The molecule has 0 saturated carbocycles. The van der Waals surface area contributed by atoms with Crippen LogP contribution in [0.1, 0.15) is 29.8 Å². The van der Waals surface area contributed by atoms with Gasteiger partial charge in [0.2, 0.25) is 15.1 Å². The summed E-state index contributed by atoms with van der Waals surface area (Å²) < 4.78 is 27.4. The Morgan fingerprint density at radius 3 is 2.30 bits per heavy atom. The van der Waals surface area contributed by atoms with Gasteiger partial charge in [-0.3, -0.25) is 9.69 Å². The number of carbonyl (C=O) groups excluding carboxylic acids is 1. The first-order chi connectivity index (χ1) is 12.6. The Bertz CT molecular complexity index is 975. The van der Waals surface area contributed by atoms with Crippen LogP contribution in [-0.2, 0) is 10.0 Å². The molecule has 144 valence electrons. The predicted molar refractivity (Wildman–Crippen MR) is 112 cm³/mol. The summed E-state index contributed by atoms with van der Waals surface area (Å²) in [5.41, 5.74) is 1.98. The van der Waals surface area contributed by atoms with Crippen LogP contribution in [0.3, 0.4) is 0 Å². The van der Waals surface area contributed by atoms with Crippen LogP contribution in [0, 0.1) is 0 Å². The van der Waals surface area contributed by atoms with Gasteiger partial charge in [0.05, 0.1) is 16.6 Å². The van der Waals surface area contributed by atoms with Crippen molar-refractivity contribution in [3.8, 4) is 0 Å². The topological polar surface area (TPSA) is 69.7 Å². The highest BCUT2D eigenvalue weighted by atomic mass is 32.2. The van der Waals surface area contributed by atoms with Gasteiger partial charge >= 0.3 is 0 Å². The number of carbonyl (C=O) groups is 1. The number of anilines is 2. The second kappa shape index (κ2) is 6.85. The molecule has 8 heteroatoms. The van der Waals surface area contributed by atoms with Gasteiger partial charge in [0.1, 0.15) is 0 Å². The lowest BCUT2D eigenvalue weighted by atomic mass is 10.0. The third kappa shape index (κ3) is 3.22. The molecule has 0 spiro atoms. The van der Waals surface area contributed by atoms with E-state index < -0.39 is 20.4 Å². The summed E-state index contributed by atoms with van der Waals surface area (Å²) in [5, 5.41) is 1.24. The number of fused-ring (bicyclic) bond motifs is 1. The molecular weight excluding hydrogens is 382 g/mol. The molecule has 6 nitrogen and oxygen atoms in total. The highest BCUT2D eigenvalue weighted by Crippen LogP contribution is 2.46. The Hall–Kier alpha value is -2.03. The van der Waals surface area contributed by atoms with E-state index in [1.807, 2.05) is 6.07 Å². The van der Waals surface area contributed by atoms with Crippen molar-refractivity contribution in [2.24, 2.45) is 0 Å². The monoisotopic (exact) mass is 405 g/mol. The standard InChI is InChI=1S/C19H23N3O3S2/c1-13(2)27(24,25)22-17-12-15(18(23)14-8-6-5-7-9-14)10-11-16(17)20-19(22,26)21(3)4/h5-13,20,26H,1-4H3.